The maximum absolute atomic E-state index is 6.10. The van der Waals surface area contributed by atoms with Crippen molar-refractivity contribution in [2.24, 2.45) is 0 Å². The molecule has 4 aromatic rings. The molecule has 0 unspecified atom stereocenters. The van der Waals surface area contributed by atoms with Crippen molar-refractivity contribution < 1.29 is 4.74 Å². The van der Waals surface area contributed by atoms with Gasteiger partial charge in [0, 0.05) is 22.3 Å². The summed E-state index contributed by atoms with van der Waals surface area (Å²) < 4.78 is 8.16. The van der Waals surface area contributed by atoms with Crippen LogP contribution in [0.3, 0.4) is 0 Å². The van der Waals surface area contributed by atoms with E-state index in [2.05, 4.69) is 43.5 Å². The molecular weight excluding hydrogens is 348 g/mol. The third kappa shape index (κ3) is 2.13. The van der Waals surface area contributed by atoms with E-state index >= 15 is 0 Å². The first-order valence-electron chi connectivity index (χ1n) is 6.53. The first kappa shape index (κ1) is 12.9. The van der Waals surface area contributed by atoms with E-state index in [4.69, 9.17) is 4.74 Å². The van der Waals surface area contributed by atoms with E-state index in [9.17, 15) is 0 Å². The molecule has 3 nitrogen and oxygen atoms in total. The van der Waals surface area contributed by atoms with E-state index in [1.165, 1.54) is 0 Å². The Morgan fingerprint density at radius 1 is 1.14 bits per heavy atom. The molecule has 0 radical (unpaired) electrons. The predicted octanol–water partition coefficient (Wildman–Crippen LogP) is 5.24. The molecule has 0 aliphatic heterocycles. The van der Waals surface area contributed by atoms with E-state index in [1.807, 2.05) is 35.8 Å². The number of nitrogens with zero attached hydrogens (tertiary/aromatic N) is 2. The molecule has 2 heterocycles. The van der Waals surface area contributed by atoms with Crippen LogP contribution in [0.4, 0.5) is 0 Å². The third-order valence-electron chi connectivity index (χ3n) is 3.41. The number of halogens is 1. The maximum atomic E-state index is 6.10. The lowest BCUT2D eigenvalue weighted by atomic mass is 10.1. The minimum Gasteiger partial charge on any atom is -0.437 e. The average Bonchev–Trinajstić information content (AvgIpc) is 3.08. The van der Waals surface area contributed by atoms with Gasteiger partial charge in [-0.05, 0) is 11.5 Å². The molecule has 0 aliphatic rings. The van der Waals surface area contributed by atoms with E-state index < -0.39 is 0 Å². The number of rotatable bonds is 3. The molecule has 0 amide bonds. The molecule has 5 heteroatoms. The number of imidazole rings is 1. The van der Waals surface area contributed by atoms with Gasteiger partial charge in [0.2, 0.25) is 5.88 Å². The molecule has 0 atom stereocenters. The average molecular weight is 359 g/mol. The van der Waals surface area contributed by atoms with Gasteiger partial charge in [0.05, 0.1) is 5.69 Å². The number of hydrogen-bond acceptors (Lipinski definition) is 3. The summed E-state index contributed by atoms with van der Waals surface area (Å²) in [5, 5.41) is 4.98. The van der Waals surface area contributed by atoms with Crippen LogP contribution in [0.2, 0.25) is 0 Å². The number of thiazole rings is 1. The highest BCUT2D eigenvalue weighted by Crippen LogP contribution is 2.33. The molecule has 21 heavy (non-hydrogen) atoms. The van der Waals surface area contributed by atoms with Gasteiger partial charge in [-0.2, -0.15) is 4.98 Å². The summed E-state index contributed by atoms with van der Waals surface area (Å²) in [5.74, 6) is 1.50. The van der Waals surface area contributed by atoms with Gasteiger partial charge >= 0.3 is 0 Å². The molecule has 0 spiro atoms. The zero-order valence-corrected chi connectivity index (χ0v) is 13.4. The van der Waals surface area contributed by atoms with Crippen molar-refractivity contribution in [1.82, 2.24) is 9.38 Å². The molecule has 0 saturated carbocycles. The van der Waals surface area contributed by atoms with Gasteiger partial charge in [-0.3, -0.25) is 4.40 Å². The minimum absolute atomic E-state index is 0.662. The van der Waals surface area contributed by atoms with Gasteiger partial charge in [-0.1, -0.05) is 52.3 Å². The van der Waals surface area contributed by atoms with E-state index in [0.29, 0.717) is 11.2 Å². The summed E-state index contributed by atoms with van der Waals surface area (Å²) in [6.45, 7) is 0. The first-order valence-corrected chi connectivity index (χ1v) is 8.53. The smallest absolute Gasteiger partial charge is 0.243 e. The second-order valence-electron chi connectivity index (χ2n) is 4.63. The molecule has 0 bridgehead atoms. The molecule has 0 N–H and O–H groups in total. The Balaban J connectivity index is 1.84. The van der Waals surface area contributed by atoms with Crippen LogP contribution in [-0.2, 0) is 5.33 Å². The molecular formula is C16H11BrN2OS. The zero-order chi connectivity index (χ0) is 14.2. The van der Waals surface area contributed by atoms with Crippen molar-refractivity contribution in [2.45, 2.75) is 5.33 Å². The van der Waals surface area contributed by atoms with Gasteiger partial charge in [-0.15, -0.1) is 11.3 Å². The van der Waals surface area contributed by atoms with Crippen LogP contribution in [0.5, 0.6) is 11.6 Å². The number of benzene rings is 2. The zero-order valence-electron chi connectivity index (χ0n) is 11.0. The number of aromatic nitrogens is 2. The first-order chi connectivity index (χ1) is 10.4. The van der Waals surface area contributed by atoms with Crippen LogP contribution in [0.25, 0.3) is 15.7 Å². The Bertz CT molecular complexity index is 923. The molecule has 2 aromatic heterocycles. The van der Waals surface area contributed by atoms with Crippen LogP contribution < -0.4 is 4.74 Å². The Morgan fingerprint density at radius 2 is 2.00 bits per heavy atom. The number of ether oxygens (including phenoxy) is 1. The summed E-state index contributed by atoms with van der Waals surface area (Å²) in [5.41, 5.74) is 1.03. The maximum Gasteiger partial charge on any atom is 0.243 e. The summed E-state index contributed by atoms with van der Waals surface area (Å²) in [7, 11) is 0. The minimum atomic E-state index is 0.662. The number of alkyl halides is 1. The molecule has 0 fully saturated rings. The van der Waals surface area contributed by atoms with Crippen molar-refractivity contribution in [3.63, 3.8) is 0 Å². The van der Waals surface area contributed by atoms with Crippen molar-refractivity contribution >= 4 is 43.0 Å². The Kier molecular flexibility index (Phi) is 3.16. The van der Waals surface area contributed by atoms with E-state index in [1.54, 1.807) is 11.3 Å². The number of fused-ring (bicyclic) bond motifs is 2. The third-order valence-corrected chi connectivity index (χ3v) is 4.69. The molecule has 0 saturated heterocycles. The van der Waals surface area contributed by atoms with Crippen molar-refractivity contribution in [1.29, 1.82) is 0 Å². The van der Waals surface area contributed by atoms with E-state index in [-0.39, 0.29) is 0 Å². The lowest BCUT2D eigenvalue weighted by Crippen LogP contribution is -1.91. The SMILES string of the molecule is BrCc1c(Oc2cccc3ccccc23)nc2sccn12. The Hall–Kier alpha value is -1.85. The topological polar surface area (TPSA) is 26.5 Å². The monoisotopic (exact) mass is 358 g/mol. The highest BCUT2D eigenvalue weighted by Gasteiger charge is 2.15. The lowest BCUT2D eigenvalue weighted by molar-refractivity contribution is 0.467. The van der Waals surface area contributed by atoms with Gasteiger partial charge in [0.15, 0.2) is 4.96 Å². The second kappa shape index (κ2) is 5.16. The molecule has 4 rings (SSSR count). The largest absolute Gasteiger partial charge is 0.437 e. The van der Waals surface area contributed by atoms with Gasteiger partial charge in [0.25, 0.3) is 0 Å². The summed E-state index contributed by atoms with van der Waals surface area (Å²) in [6, 6.07) is 14.3. The van der Waals surface area contributed by atoms with Gasteiger partial charge < -0.3 is 4.74 Å². The van der Waals surface area contributed by atoms with Crippen molar-refractivity contribution in [2.75, 3.05) is 0 Å². The fourth-order valence-corrected chi connectivity index (χ4v) is 3.64. The second-order valence-corrected chi connectivity index (χ2v) is 6.07. The molecule has 104 valence electrons. The summed E-state index contributed by atoms with van der Waals surface area (Å²) in [6.07, 6.45) is 2.01. The standard InChI is InChI=1S/C16H11BrN2OS/c17-10-13-15(18-16-19(13)8-9-21-16)20-14-7-3-5-11-4-1-2-6-12(11)14/h1-9H,10H2. The van der Waals surface area contributed by atoms with Crippen LogP contribution >= 0.6 is 27.3 Å². The number of hydrogen-bond donors (Lipinski definition) is 0. The van der Waals surface area contributed by atoms with Crippen molar-refractivity contribution in [3.8, 4) is 11.6 Å². The van der Waals surface area contributed by atoms with Crippen LogP contribution in [0, 0.1) is 0 Å². The van der Waals surface area contributed by atoms with Crippen LogP contribution in [0.1, 0.15) is 5.69 Å². The summed E-state index contributed by atoms with van der Waals surface area (Å²) in [4.78, 5) is 5.52. The normalized spacial score (nSPS) is 11.3. The lowest BCUT2D eigenvalue weighted by Gasteiger charge is -2.07. The van der Waals surface area contributed by atoms with Crippen LogP contribution in [-0.4, -0.2) is 9.38 Å². The predicted molar refractivity (Wildman–Crippen MR) is 89.7 cm³/mol. The molecule has 0 aliphatic carbocycles. The molecule has 2 aromatic carbocycles. The van der Waals surface area contributed by atoms with Crippen LogP contribution in [0.15, 0.2) is 54.0 Å². The van der Waals surface area contributed by atoms with Gasteiger partial charge in [0.1, 0.15) is 5.75 Å². The summed E-state index contributed by atoms with van der Waals surface area (Å²) >= 11 is 5.12. The highest BCUT2D eigenvalue weighted by atomic mass is 79.9. The quantitative estimate of drug-likeness (QED) is 0.468. The Labute approximate surface area is 133 Å². The van der Waals surface area contributed by atoms with E-state index in [0.717, 1.165) is 27.2 Å². The fraction of sp³-hybridized carbons (Fsp3) is 0.0625. The fourth-order valence-electron chi connectivity index (χ4n) is 2.40. The highest BCUT2D eigenvalue weighted by molar-refractivity contribution is 9.08. The van der Waals surface area contributed by atoms with Gasteiger partial charge in [-0.25, -0.2) is 0 Å². The Morgan fingerprint density at radius 3 is 2.90 bits per heavy atom. The van der Waals surface area contributed by atoms with Crippen molar-refractivity contribution in [3.05, 3.63) is 59.7 Å².